The summed E-state index contributed by atoms with van der Waals surface area (Å²) in [6, 6.07) is -2.21. The Kier molecular flexibility index (Phi) is 9.82. The number of nitrogens with one attached hydrogen (secondary N) is 1. The van der Waals surface area contributed by atoms with Crippen LogP contribution in [0.4, 0.5) is 13.2 Å². The van der Waals surface area contributed by atoms with Crippen LogP contribution in [0.2, 0.25) is 0 Å². The van der Waals surface area contributed by atoms with Crippen molar-refractivity contribution in [2.45, 2.75) is 103 Å². The monoisotopic (exact) mass is 401 g/mol. The number of ether oxygens (including phenoxy) is 1. The van der Waals surface area contributed by atoms with Gasteiger partial charge in [0, 0.05) is 0 Å². The van der Waals surface area contributed by atoms with Crippen molar-refractivity contribution in [2.24, 2.45) is 5.92 Å². The van der Waals surface area contributed by atoms with E-state index < -0.39 is 45.4 Å². The summed E-state index contributed by atoms with van der Waals surface area (Å²) in [7, 11) is -1.96. The van der Waals surface area contributed by atoms with Crippen LogP contribution in [-0.2, 0) is 20.5 Å². The fraction of sp³-hybridized carbons (Fsp3) is 0.944. The molecule has 0 saturated heterocycles. The number of rotatable bonds is 9. The van der Waals surface area contributed by atoms with Gasteiger partial charge in [0.1, 0.15) is 11.6 Å². The summed E-state index contributed by atoms with van der Waals surface area (Å²) >= 11 is 0. The van der Waals surface area contributed by atoms with Crippen molar-refractivity contribution in [2.75, 3.05) is 0 Å². The predicted octanol–water partition coefficient (Wildman–Crippen LogP) is 4.90. The third-order valence-electron chi connectivity index (χ3n) is 3.62. The lowest BCUT2D eigenvalue weighted by Crippen LogP contribution is -2.54. The normalized spacial score (nSPS) is 16.8. The minimum absolute atomic E-state index is 0.0352. The second-order valence-electron chi connectivity index (χ2n) is 8.51. The fourth-order valence-corrected chi connectivity index (χ4v) is 3.14. The van der Waals surface area contributed by atoms with Gasteiger partial charge in [-0.3, -0.25) is 4.79 Å². The molecule has 0 unspecified atom stereocenters. The van der Waals surface area contributed by atoms with Gasteiger partial charge in [-0.1, -0.05) is 32.6 Å². The first kappa shape index (κ1) is 25.4. The first-order valence-corrected chi connectivity index (χ1v) is 10.2. The molecule has 0 aliphatic heterocycles. The second-order valence-corrected chi connectivity index (χ2v) is 10.5. The van der Waals surface area contributed by atoms with E-state index in [1.807, 2.05) is 6.92 Å². The molecule has 3 atom stereocenters. The van der Waals surface area contributed by atoms with Crippen molar-refractivity contribution in [1.82, 2.24) is 4.72 Å². The highest BCUT2D eigenvalue weighted by Crippen LogP contribution is 2.32. The zero-order valence-corrected chi connectivity index (χ0v) is 17.8. The molecule has 0 spiro atoms. The summed E-state index contributed by atoms with van der Waals surface area (Å²) in [6.07, 6.45) is -1.64. The van der Waals surface area contributed by atoms with Gasteiger partial charge < -0.3 is 4.74 Å². The fourth-order valence-electron chi connectivity index (χ4n) is 2.26. The lowest BCUT2D eigenvalue weighted by molar-refractivity contribution is -0.185. The molecule has 0 heterocycles. The van der Waals surface area contributed by atoms with Gasteiger partial charge in [-0.15, -0.1) is 0 Å². The van der Waals surface area contributed by atoms with Crippen molar-refractivity contribution in [1.29, 1.82) is 0 Å². The molecule has 8 heteroatoms. The molecule has 1 N–H and O–H groups in total. The number of halogens is 3. The van der Waals surface area contributed by atoms with E-state index in [-0.39, 0.29) is 6.42 Å². The van der Waals surface area contributed by atoms with Crippen LogP contribution in [0.25, 0.3) is 0 Å². The Morgan fingerprint density at radius 3 is 1.96 bits per heavy atom. The van der Waals surface area contributed by atoms with E-state index in [2.05, 4.69) is 4.72 Å². The quantitative estimate of drug-likeness (QED) is 0.442. The Labute approximate surface area is 158 Å². The Balaban J connectivity index is 5.55. The Bertz CT molecular complexity index is 468. The van der Waals surface area contributed by atoms with E-state index in [1.54, 1.807) is 41.5 Å². The van der Waals surface area contributed by atoms with Crippen molar-refractivity contribution < 1.29 is 26.9 Å². The van der Waals surface area contributed by atoms with Crippen LogP contribution in [0, 0.1) is 5.92 Å². The zero-order valence-electron chi connectivity index (χ0n) is 17.0. The van der Waals surface area contributed by atoms with E-state index in [4.69, 9.17) is 4.74 Å². The van der Waals surface area contributed by atoms with Crippen LogP contribution in [0.1, 0.15) is 80.6 Å². The number of unbranched alkanes of at least 4 members (excludes halogenated alkanes) is 3. The summed E-state index contributed by atoms with van der Waals surface area (Å²) in [6.45, 7) is 11.6. The summed E-state index contributed by atoms with van der Waals surface area (Å²) < 4.78 is 59.8. The molecule has 0 aromatic carbocycles. The third-order valence-corrected chi connectivity index (χ3v) is 5.20. The zero-order chi connectivity index (χ0) is 20.8. The highest BCUT2D eigenvalue weighted by Gasteiger charge is 2.49. The summed E-state index contributed by atoms with van der Waals surface area (Å²) in [5.74, 6) is -2.34. The van der Waals surface area contributed by atoms with Crippen molar-refractivity contribution in [3.8, 4) is 0 Å². The smallest absolute Gasteiger partial charge is 0.405 e. The summed E-state index contributed by atoms with van der Waals surface area (Å²) in [5, 5.41) is 0. The number of alkyl halides is 3. The van der Waals surface area contributed by atoms with Gasteiger partial charge in [-0.2, -0.15) is 13.2 Å². The van der Waals surface area contributed by atoms with Crippen LogP contribution in [0.15, 0.2) is 0 Å². The topological polar surface area (TPSA) is 55.4 Å². The molecule has 0 fully saturated rings. The number of hydrogen-bond donors (Lipinski definition) is 1. The molecular weight excluding hydrogens is 367 g/mol. The molecule has 0 saturated carbocycles. The van der Waals surface area contributed by atoms with Gasteiger partial charge in [0.05, 0.1) is 21.7 Å². The maximum absolute atomic E-state index is 13.7. The molecule has 0 bridgehead atoms. The SMILES string of the molecule is CCCCCC[C@H](C(=O)OC(C)(C)C)[C@H](N[S@@](=O)C(C)(C)C)C(F)(F)F. The largest absolute Gasteiger partial charge is 0.460 e. The Morgan fingerprint density at radius 2 is 1.58 bits per heavy atom. The van der Waals surface area contributed by atoms with Crippen molar-refractivity contribution >= 4 is 17.0 Å². The molecular formula is C18H34F3NO3S. The lowest BCUT2D eigenvalue weighted by Gasteiger charge is -2.32. The molecule has 0 aliphatic rings. The average molecular weight is 402 g/mol. The predicted molar refractivity (Wildman–Crippen MR) is 99.0 cm³/mol. The van der Waals surface area contributed by atoms with Crippen molar-refractivity contribution in [3.63, 3.8) is 0 Å². The Morgan fingerprint density at radius 1 is 1.04 bits per heavy atom. The van der Waals surface area contributed by atoms with E-state index in [9.17, 15) is 22.2 Å². The molecule has 156 valence electrons. The van der Waals surface area contributed by atoms with Crippen LogP contribution in [-0.4, -0.2) is 32.7 Å². The summed E-state index contributed by atoms with van der Waals surface area (Å²) in [4.78, 5) is 12.5. The highest BCUT2D eigenvalue weighted by molar-refractivity contribution is 7.84. The maximum atomic E-state index is 13.7. The third kappa shape index (κ3) is 9.90. The average Bonchev–Trinajstić information content (AvgIpc) is 2.41. The number of hydrogen-bond acceptors (Lipinski definition) is 3. The van der Waals surface area contributed by atoms with Gasteiger partial charge in [0.15, 0.2) is 0 Å². The highest BCUT2D eigenvalue weighted by atomic mass is 32.2. The van der Waals surface area contributed by atoms with Gasteiger partial charge in [-0.05, 0) is 48.0 Å². The Hall–Kier alpha value is -0.630. The molecule has 0 aromatic heterocycles. The first-order chi connectivity index (χ1) is 11.6. The molecule has 0 aliphatic carbocycles. The molecule has 0 aromatic rings. The van der Waals surface area contributed by atoms with Gasteiger partial charge >= 0.3 is 12.1 Å². The van der Waals surface area contributed by atoms with Gasteiger partial charge in [0.25, 0.3) is 0 Å². The summed E-state index contributed by atoms with van der Waals surface area (Å²) in [5.41, 5.74) is -0.891. The van der Waals surface area contributed by atoms with E-state index in [1.165, 1.54) is 0 Å². The van der Waals surface area contributed by atoms with Gasteiger partial charge in [-0.25, -0.2) is 8.93 Å². The van der Waals surface area contributed by atoms with Crippen LogP contribution in [0.3, 0.4) is 0 Å². The standard InChI is InChI=1S/C18H34F3NO3S/c1-8-9-10-11-12-13(15(23)25-16(2,3)4)14(18(19,20)21)22-26(24)17(5,6)7/h13-14,22H,8-12H2,1-7H3/t13-,14-,26-/m0/s1. The van der Waals surface area contributed by atoms with E-state index in [0.29, 0.717) is 6.42 Å². The van der Waals surface area contributed by atoms with Crippen LogP contribution < -0.4 is 4.72 Å². The lowest BCUT2D eigenvalue weighted by atomic mass is 9.93. The second kappa shape index (κ2) is 10.1. The van der Waals surface area contributed by atoms with Crippen LogP contribution >= 0.6 is 0 Å². The number of carbonyl (C=O) groups excluding carboxylic acids is 1. The molecule has 26 heavy (non-hydrogen) atoms. The van der Waals surface area contributed by atoms with Gasteiger partial charge in [0.2, 0.25) is 0 Å². The van der Waals surface area contributed by atoms with E-state index >= 15 is 0 Å². The first-order valence-electron chi connectivity index (χ1n) is 9.07. The molecule has 0 radical (unpaired) electrons. The molecule has 0 amide bonds. The van der Waals surface area contributed by atoms with Crippen LogP contribution in [0.5, 0.6) is 0 Å². The minimum atomic E-state index is -4.72. The molecule has 0 rings (SSSR count). The van der Waals surface area contributed by atoms with E-state index in [0.717, 1.165) is 19.3 Å². The number of carbonyl (C=O) groups is 1. The van der Waals surface area contributed by atoms with Crippen molar-refractivity contribution in [3.05, 3.63) is 0 Å². The number of esters is 1. The minimum Gasteiger partial charge on any atom is -0.460 e. The maximum Gasteiger partial charge on any atom is 0.405 e. The molecule has 4 nitrogen and oxygen atoms in total.